The second-order valence-electron chi connectivity index (χ2n) is 7.53. The van der Waals surface area contributed by atoms with Crippen LogP contribution in [0.1, 0.15) is 43.7 Å². The number of benzene rings is 1. The van der Waals surface area contributed by atoms with Gasteiger partial charge in [0.1, 0.15) is 5.83 Å². The molecule has 0 radical (unpaired) electrons. The summed E-state index contributed by atoms with van der Waals surface area (Å²) in [5, 5.41) is 5.61. The lowest BCUT2D eigenvalue weighted by molar-refractivity contribution is -0.122. The molecular formula is C22H25FN2O2. The highest BCUT2D eigenvalue weighted by atomic mass is 19.1. The van der Waals surface area contributed by atoms with Crippen LogP contribution in [0.2, 0.25) is 0 Å². The van der Waals surface area contributed by atoms with Crippen molar-refractivity contribution in [2.75, 3.05) is 5.32 Å². The maximum absolute atomic E-state index is 13.7. The Morgan fingerprint density at radius 2 is 2.07 bits per heavy atom. The van der Waals surface area contributed by atoms with Crippen LogP contribution in [0.25, 0.3) is 0 Å². The fourth-order valence-electron chi connectivity index (χ4n) is 3.52. The van der Waals surface area contributed by atoms with Crippen molar-refractivity contribution < 1.29 is 14.0 Å². The van der Waals surface area contributed by atoms with E-state index < -0.39 is 0 Å². The van der Waals surface area contributed by atoms with Gasteiger partial charge in [0.05, 0.1) is 0 Å². The first-order chi connectivity index (χ1) is 12.8. The van der Waals surface area contributed by atoms with Crippen molar-refractivity contribution in [3.05, 3.63) is 65.2 Å². The Morgan fingerprint density at radius 1 is 1.30 bits per heavy atom. The molecule has 0 fully saturated rings. The average molecular weight is 368 g/mol. The molecule has 2 N–H and O–H groups in total. The van der Waals surface area contributed by atoms with Crippen molar-refractivity contribution in [1.82, 2.24) is 5.32 Å². The molecule has 27 heavy (non-hydrogen) atoms. The van der Waals surface area contributed by atoms with Gasteiger partial charge in [-0.05, 0) is 42.0 Å². The van der Waals surface area contributed by atoms with Gasteiger partial charge < -0.3 is 10.6 Å². The highest BCUT2D eigenvalue weighted by Crippen LogP contribution is 2.35. The van der Waals surface area contributed by atoms with E-state index in [1.54, 1.807) is 6.08 Å². The first-order valence-electron chi connectivity index (χ1n) is 9.29. The summed E-state index contributed by atoms with van der Waals surface area (Å²) in [7, 11) is 0. The molecule has 0 saturated carbocycles. The summed E-state index contributed by atoms with van der Waals surface area (Å²) in [6, 6.07) is 6.03. The van der Waals surface area contributed by atoms with Crippen molar-refractivity contribution in [2.24, 2.45) is 11.8 Å². The van der Waals surface area contributed by atoms with Crippen LogP contribution in [0, 0.1) is 18.8 Å². The molecule has 5 heteroatoms. The molecule has 2 aliphatic rings. The minimum atomic E-state index is -0.344. The molecule has 1 aromatic carbocycles. The van der Waals surface area contributed by atoms with Crippen LogP contribution in [-0.4, -0.2) is 11.8 Å². The Balaban J connectivity index is 1.84. The molecule has 2 amide bonds. The number of hydrogen-bond acceptors (Lipinski definition) is 2. The topological polar surface area (TPSA) is 58.2 Å². The number of carbonyl (C=O) groups is 2. The minimum absolute atomic E-state index is 0.155. The molecule has 3 rings (SSSR count). The van der Waals surface area contributed by atoms with Gasteiger partial charge in [-0.1, -0.05) is 38.1 Å². The third-order valence-electron chi connectivity index (χ3n) is 5.22. The molecule has 0 bridgehead atoms. The van der Waals surface area contributed by atoms with E-state index in [1.165, 1.54) is 12.3 Å². The van der Waals surface area contributed by atoms with Crippen molar-refractivity contribution in [3.8, 4) is 0 Å². The normalized spacial score (nSPS) is 22.2. The van der Waals surface area contributed by atoms with Gasteiger partial charge in [-0.15, -0.1) is 0 Å². The quantitative estimate of drug-likeness (QED) is 0.822. The molecule has 2 atom stereocenters. The Kier molecular flexibility index (Phi) is 5.59. The number of nitrogens with one attached hydrogen (secondary N) is 2. The van der Waals surface area contributed by atoms with Gasteiger partial charge in [0, 0.05) is 36.2 Å². The smallest absolute Gasteiger partial charge is 0.253 e. The van der Waals surface area contributed by atoms with E-state index in [0.717, 1.165) is 16.8 Å². The average Bonchev–Trinajstić information content (AvgIpc) is 2.63. The highest BCUT2D eigenvalue weighted by Gasteiger charge is 2.33. The minimum Gasteiger partial charge on any atom is -0.332 e. The number of aryl methyl sites for hydroxylation is 1. The van der Waals surface area contributed by atoms with E-state index in [-0.39, 0.29) is 42.3 Å². The summed E-state index contributed by atoms with van der Waals surface area (Å²) in [6.07, 6.45) is 6.80. The second-order valence-corrected chi connectivity index (χ2v) is 7.53. The third kappa shape index (κ3) is 4.35. The van der Waals surface area contributed by atoms with Crippen LogP contribution in [0.5, 0.6) is 0 Å². The van der Waals surface area contributed by atoms with E-state index >= 15 is 0 Å². The van der Waals surface area contributed by atoms with Crippen molar-refractivity contribution in [1.29, 1.82) is 0 Å². The highest BCUT2D eigenvalue weighted by molar-refractivity contribution is 6.06. The molecule has 1 unspecified atom stereocenters. The van der Waals surface area contributed by atoms with Gasteiger partial charge in [-0.25, -0.2) is 4.39 Å². The van der Waals surface area contributed by atoms with Gasteiger partial charge in [-0.3, -0.25) is 9.59 Å². The molecule has 1 heterocycles. The molecule has 0 saturated heterocycles. The summed E-state index contributed by atoms with van der Waals surface area (Å²) >= 11 is 0. The standard InChI is InChI=1S/C22H25FN2O2/c1-13(2)15-8-7-14(3)20(10-15)25-22(27)19-12-24-21(26)11-18(19)16-5-4-6-17(23)9-16/h4-8,10,12-13,16,18H,9,11H2,1-3H3,(H,24,26)(H,25,27)/t16?,18-/m1/s1. The third-order valence-corrected chi connectivity index (χ3v) is 5.22. The van der Waals surface area contributed by atoms with E-state index in [9.17, 15) is 14.0 Å². The lowest BCUT2D eigenvalue weighted by atomic mass is 9.78. The zero-order valence-corrected chi connectivity index (χ0v) is 15.9. The van der Waals surface area contributed by atoms with Crippen LogP contribution >= 0.6 is 0 Å². The molecule has 142 valence electrons. The van der Waals surface area contributed by atoms with Gasteiger partial charge >= 0.3 is 0 Å². The van der Waals surface area contributed by atoms with Crippen LogP contribution in [0.15, 0.2) is 54.0 Å². The first-order valence-corrected chi connectivity index (χ1v) is 9.29. The van der Waals surface area contributed by atoms with Gasteiger partial charge in [-0.2, -0.15) is 0 Å². The molecular weight excluding hydrogens is 343 g/mol. The fraction of sp³-hybridized carbons (Fsp3) is 0.364. The molecule has 1 aliphatic heterocycles. The van der Waals surface area contributed by atoms with Crippen LogP contribution < -0.4 is 10.6 Å². The largest absolute Gasteiger partial charge is 0.332 e. The summed E-state index contributed by atoms with van der Waals surface area (Å²) in [4.78, 5) is 24.9. The predicted octanol–water partition coefficient (Wildman–Crippen LogP) is 4.51. The number of amides is 2. The van der Waals surface area contributed by atoms with E-state index in [4.69, 9.17) is 0 Å². The van der Waals surface area contributed by atoms with Crippen molar-refractivity contribution in [2.45, 2.75) is 39.5 Å². The maximum atomic E-state index is 13.7. The predicted molar refractivity (Wildman–Crippen MR) is 105 cm³/mol. The van der Waals surface area contributed by atoms with E-state index in [0.29, 0.717) is 11.5 Å². The van der Waals surface area contributed by atoms with Gasteiger partial charge in [0.2, 0.25) is 5.91 Å². The monoisotopic (exact) mass is 368 g/mol. The van der Waals surface area contributed by atoms with Gasteiger partial charge in [0.25, 0.3) is 5.91 Å². The van der Waals surface area contributed by atoms with Crippen LogP contribution in [-0.2, 0) is 9.59 Å². The summed E-state index contributed by atoms with van der Waals surface area (Å²) < 4.78 is 13.7. The Labute approximate surface area is 159 Å². The Hall–Kier alpha value is -2.69. The van der Waals surface area contributed by atoms with Crippen molar-refractivity contribution in [3.63, 3.8) is 0 Å². The molecule has 1 aliphatic carbocycles. The van der Waals surface area contributed by atoms with E-state index in [2.05, 4.69) is 30.5 Å². The lowest BCUT2D eigenvalue weighted by Gasteiger charge is -2.30. The van der Waals surface area contributed by atoms with E-state index in [1.807, 2.05) is 25.1 Å². The SMILES string of the molecule is Cc1ccc(C(C)C)cc1NC(=O)C1=CNC(=O)C[C@@H]1C1C=CC=C(F)C1. The lowest BCUT2D eigenvalue weighted by Crippen LogP contribution is -2.36. The molecule has 4 nitrogen and oxygen atoms in total. The number of halogens is 1. The zero-order valence-electron chi connectivity index (χ0n) is 15.9. The molecule has 0 aromatic heterocycles. The second kappa shape index (κ2) is 7.91. The Morgan fingerprint density at radius 3 is 2.78 bits per heavy atom. The fourth-order valence-corrected chi connectivity index (χ4v) is 3.52. The summed E-state index contributed by atoms with van der Waals surface area (Å²) in [5.74, 6) is -0.840. The summed E-state index contributed by atoms with van der Waals surface area (Å²) in [5.41, 5.74) is 3.35. The van der Waals surface area contributed by atoms with Gasteiger partial charge in [0.15, 0.2) is 0 Å². The number of carbonyl (C=O) groups excluding carboxylic acids is 2. The molecule has 0 spiro atoms. The summed E-state index contributed by atoms with van der Waals surface area (Å²) in [6.45, 7) is 6.14. The number of allylic oxidation sites excluding steroid dienone is 4. The van der Waals surface area contributed by atoms with Crippen LogP contribution in [0.3, 0.4) is 0 Å². The maximum Gasteiger partial charge on any atom is 0.253 e. The number of rotatable bonds is 4. The first kappa shape index (κ1) is 19.1. The van der Waals surface area contributed by atoms with Crippen molar-refractivity contribution >= 4 is 17.5 Å². The zero-order chi connectivity index (χ0) is 19.6. The number of anilines is 1. The Bertz CT molecular complexity index is 852. The molecule has 1 aromatic rings. The van der Waals surface area contributed by atoms with Crippen LogP contribution in [0.4, 0.5) is 10.1 Å². The number of hydrogen-bond donors (Lipinski definition) is 2.